The molecule has 9 nitrogen and oxygen atoms in total. The van der Waals surface area contributed by atoms with Gasteiger partial charge in [-0.15, -0.1) is 5.10 Å². The molecule has 1 atom stereocenters. The minimum Gasteiger partial charge on any atom is -0.465 e. The second-order valence-electron chi connectivity index (χ2n) is 5.06. The van der Waals surface area contributed by atoms with Gasteiger partial charge in [0, 0.05) is 12.0 Å². The molecule has 3 rings (SSSR count). The van der Waals surface area contributed by atoms with Crippen LogP contribution in [0.3, 0.4) is 0 Å². The van der Waals surface area contributed by atoms with Gasteiger partial charge in [0.2, 0.25) is 0 Å². The smallest absolute Gasteiger partial charge is 0.405 e. The molecule has 22 heavy (non-hydrogen) atoms. The summed E-state index contributed by atoms with van der Waals surface area (Å²) in [5.74, 6) is 1.81. The van der Waals surface area contributed by atoms with Crippen molar-refractivity contribution < 1.29 is 9.90 Å². The fourth-order valence-corrected chi connectivity index (χ4v) is 2.08. The Hall–Kier alpha value is -3.02. The number of hydrogen-bond donors (Lipinski definition) is 2. The predicted octanol–water partition coefficient (Wildman–Crippen LogP) is 1.13. The van der Waals surface area contributed by atoms with E-state index in [9.17, 15) is 4.79 Å². The van der Waals surface area contributed by atoms with Crippen molar-refractivity contribution in [3.8, 4) is 11.9 Å². The Morgan fingerprint density at radius 1 is 1.55 bits per heavy atom. The van der Waals surface area contributed by atoms with E-state index in [-0.39, 0.29) is 5.69 Å². The lowest BCUT2D eigenvalue weighted by Gasteiger charge is -2.11. The first-order valence-electron chi connectivity index (χ1n) is 6.77. The van der Waals surface area contributed by atoms with Crippen LogP contribution in [0.2, 0.25) is 0 Å². The standard InChI is InChI=1S/C13H13N7O2/c1-7(17-13(21)22)12-18-11(8-2-3-8)19-20(12)10-4-9(5-14)15-6-16-10/h4,6-8,17H,2-3H2,1H3,(H,21,22). The molecular formula is C13H13N7O2. The van der Waals surface area contributed by atoms with Gasteiger partial charge in [-0.05, 0) is 19.8 Å². The summed E-state index contributed by atoms with van der Waals surface area (Å²) in [5.41, 5.74) is 0.207. The molecule has 0 aromatic carbocycles. The Morgan fingerprint density at radius 3 is 2.95 bits per heavy atom. The van der Waals surface area contributed by atoms with Gasteiger partial charge in [-0.2, -0.15) is 9.94 Å². The highest BCUT2D eigenvalue weighted by Gasteiger charge is 2.30. The molecule has 2 heterocycles. The minimum atomic E-state index is -1.14. The molecule has 0 bridgehead atoms. The number of rotatable bonds is 4. The lowest BCUT2D eigenvalue weighted by molar-refractivity contribution is 0.190. The number of hydrogen-bond acceptors (Lipinski definition) is 6. The maximum absolute atomic E-state index is 10.8. The zero-order valence-electron chi connectivity index (χ0n) is 11.8. The van der Waals surface area contributed by atoms with E-state index >= 15 is 0 Å². The van der Waals surface area contributed by atoms with E-state index in [2.05, 4.69) is 25.4 Å². The van der Waals surface area contributed by atoms with E-state index in [1.807, 2.05) is 6.07 Å². The van der Waals surface area contributed by atoms with Crippen LogP contribution in [-0.4, -0.2) is 35.9 Å². The Balaban J connectivity index is 2.04. The summed E-state index contributed by atoms with van der Waals surface area (Å²) in [5, 5.41) is 24.6. The van der Waals surface area contributed by atoms with Gasteiger partial charge in [0.25, 0.3) is 0 Å². The van der Waals surface area contributed by atoms with Crippen molar-refractivity contribution in [1.82, 2.24) is 30.0 Å². The Bertz CT molecular complexity index is 760. The molecule has 0 radical (unpaired) electrons. The van der Waals surface area contributed by atoms with Gasteiger partial charge in [-0.3, -0.25) is 0 Å². The van der Waals surface area contributed by atoms with Gasteiger partial charge >= 0.3 is 6.09 Å². The topological polar surface area (TPSA) is 130 Å². The lowest BCUT2D eigenvalue weighted by atomic mass is 10.3. The van der Waals surface area contributed by atoms with Crippen LogP contribution in [0.25, 0.3) is 5.82 Å². The third-order valence-electron chi connectivity index (χ3n) is 3.30. The van der Waals surface area contributed by atoms with Gasteiger partial charge in [-0.25, -0.2) is 19.7 Å². The minimum absolute atomic E-state index is 0.207. The number of nitrogens with zero attached hydrogens (tertiary/aromatic N) is 6. The Kier molecular flexibility index (Phi) is 3.42. The molecule has 0 spiro atoms. The summed E-state index contributed by atoms with van der Waals surface area (Å²) in [4.78, 5) is 23.2. The van der Waals surface area contributed by atoms with Crippen LogP contribution in [0.4, 0.5) is 4.79 Å². The summed E-state index contributed by atoms with van der Waals surface area (Å²) in [6, 6.07) is 2.87. The van der Waals surface area contributed by atoms with E-state index in [4.69, 9.17) is 10.4 Å². The highest BCUT2D eigenvalue weighted by molar-refractivity contribution is 5.64. The first kappa shape index (κ1) is 13.9. The van der Waals surface area contributed by atoms with Crippen molar-refractivity contribution in [3.05, 3.63) is 29.7 Å². The van der Waals surface area contributed by atoms with E-state index in [0.717, 1.165) is 12.8 Å². The number of carboxylic acid groups (broad SMARTS) is 1. The Labute approximate surface area is 125 Å². The molecule has 1 amide bonds. The van der Waals surface area contributed by atoms with E-state index < -0.39 is 12.1 Å². The highest BCUT2D eigenvalue weighted by atomic mass is 16.4. The first-order valence-corrected chi connectivity index (χ1v) is 6.77. The fraction of sp³-hybridized carbons (Fsp3) is 0.385. The van der Waals surface area contributed by atoms with Crippen LogP contribution in [0, 0.1) is 11.3 Å². The number of nitrogens with one attached hydrogen (secondary N) is 1. The van der Waals surface area contributed by atoms with Gasteiger partial charge in [0.1, 0.15) is 18.1 Å². The van der Waals surface area contributed by atoms with Crippen molar-refractivity contribution in [1.29, 1.82) is 5.26 Å². The molecule has 1 aliphatic rings. The molecule has 1 unspecified atom stereocenters. The zero-order valence-corrected chi connectivity index (χ0v) is 11.8. The summed E-state index contributed by atoms with van der Waals surface area (Å²) < 4.78 is 1.47. The maximum Gasteiger partial charge on any atom is 0.405 e. The normalized spacial score (nSPS) is 15.1. The molecule has 9 heteroatoms. The summed E-state index contributed by atoms with van der Waals surface area (Å²) >= 11 is 0. The molecule has 2 aromatic rings. The molecule has 2 N–H and O–H groups in total. The van der Waals surface area contributed by atoms with Gasteiger partial charge in [0.05, 0.1) is 6.04 Å². The Morgan fingerprint density at radius 2 is 2.32 bits per heavy atom. The molecular weight excluding hydrogens is 286 g/mol. The average molecular weight is 299 g/mol. The van der Waals surface area contributed by atoms with E-state index in [0.29, 0.717) is 23.4 Å². The van der Waals surface area contributed by atoms with Gasteiger partial charge < -0.3 is 10.4 Å². The molecule has 0 aliphatic heterocycles. The largest absolute Gasteiger partial charge is 0.465 e. The summed E-state index contributed by atoms with van der Waals surface area (Å²) in [7, 11) is 0. The lowest BCUT2D eigenvalue weighted by Crippen LogP contribution is -2.27. The third kappa shape index (κ3) is 2.71. The molecule has 1 saturated carbocycles. The third-order valence-corrected chi connectivity index (χ3v) is 3.30. The van der Waals surface area contributed by atoms with Crippen molar-refractivity contribution in [2.24, 2.45) is 0 Å². The number of carbonyl (C=O) groups is 1. The summed E-state index contributed by atoms with van der Waals surface area (Å²) in [6.07, 6.45) is 2.18. The second-order valence-corrected chi connectivity index (χ2v) is 5.06. The molecule has 2 aromatic heterocycles. The van der Waals surface area contributed by atoms with Crippen molar-refractivity contribution >= 4 is 6.09 Å². The van der Waals surface area contributed by atoms with E-state index in [1.165, 1.54) is 17.1 Å². The fourth-order valence-electron chi connectivity index (χ4n) is 2.08. The van der Waals surface area contributed by atoms with Crippen LogP contribution in [0.1, 0.15) is 49.1 Å². The zero-order chi connectivity index (χ0) is 15.7. The predicted molar refractivity (Wildman–Crippen MR) is 73.2 cm³/mol. The van der Waals surface area contributed by atoms with Gasteiger partial charge in [-0.1, -0.05) is 0 Å². The van der Waals surface area contributed by atoms with Crippen LogP contribution in [0.5, 0.6) is 0 Å². The molecule has 1 aliphatic carbocycles. The van der Waals surface area contributed by atoms with Crippen LogP contribution in [0.15, 0.2) is 12.4 Å². The van der Waals surface area contributed by atoms with Crippen LogP contribution >= 0.6 is 0 Å². The monoisotopic (exact) mass is 299 g/mol. The second kappa shape index (κ2) is 5.40. The highest BCUT2D eigenvalue weighted by Crippen LogP contribution is 2.38. The molecule has 112 valence electrons. The average Bonchev–Trinajstić information content (AvgIpc) is 3.25. The maximum atomic E-state index is 10.8. The van der Waals surface area contributed by atoms with Crippen molar-refractivity contribution in [2.45, 2.75) is 31.7 Å². The van der Waals surface area contributed by atoms with Crippen LogP contribution in [-0.2, 0) is 0 Å². The molecule has 1 fully saturated rings. The quantitative estimate of drug-likeness (QED) is 0.865. The number of nitriles is 1. The van der Waals surface area contributed by atoms with Crippen molar-refractivity contribution in [3.63, 3.8) is 0 Å². The number of amides is 1. The van der Waals surface area contributed by atoms with Gasteiger partial charge in [0.15, 0.2) is 17.5 Å². The molecule has 0 saturated heterocycles. The van der Waals surface area contributed by atoms with E-state index in [1.54, 1.807) is 6.92 Å². The SMILES string of the molecule is CC(NC(=O)O)c1nc(C2CC2)nn1-c1cc(C#N)ncn1. The summed E-state index contributed by atoms with van der Waals surface area (Å²) in [6.45, 7) is 1.68. The number of aromatic nitrogens is 5. The van der Waals surface area contributed by atoms with Crippen LogP contribution < -0.4 is 5.32 Å². The van der Waals surface area contributed by atoms with Crippen molar-refractivity contribution in [2.75, 3.05) is 0 Å². The first-order chi connectivity index (χ1) is 10.6.